The molecule has 0 spiro atoms. The third kappa shape index (κ3) is 7.72. The van der Waals surface area contributed by atoms with E-state index >= 15 is 4.39 Å². The lowest BCUT2D eigenvalue weighted by molar-refractivity contribution is 0.0529. The van der Waals surface area contributed by atoms with E-state index in [-0.39, 0.29) is 28.8 Å². The first-order chi connectivity index (χ1) is 18.9. The summed E-state index contributed by atoms with van der Waals surface area (Å²) in [6.07, 6.45) is 0.532. The lowest BCUT2D eigenvalue weighted by Gasteiger charge is -2.19. The molecule has 3 N–H and O–H groups in total. The molecule has 0 unspecified atom stereocenters. The van der Waals surface area contributed by atoms with Gasteiger partial charge >= 0.3 is 6.09 Å². The van der Waals surface area contributed by atoms with Crippen molar-refractivity contribution >= 4 is 23.6 Å². The van der Waals surface area contributed by atoms with Crippen LogP contribution in [0, 0.1) is 12.7 Å². The van der Waals surface area contributed by atoms with Gasteiger partial charge in [0, 0.05) is 30.4 Å². The summed E-state index contributed by atoms with van der Waals surface area (Å²) in [6, 6.07) is 12.9. The minimum absolute atomic E-state index is 0.0326. The Morgan fingerprint density at radius 1 is 0.925 bits per heavy atom. The first-order valence-electron chi connectivity index (χ1n) is 12.9. The summed E-state index contributed by atoms with van der Waals surface area (Å²) in [5.74, 6) is -1.14. The highest BCUT2D eigenvalue weighted by Crippen LogP contribution is 2.27. The number of pyridine rings is 1. The Bertz CT molecular complexity index is 1430. The number of benzene rings is 2. The van der Waals surface area contributed by atoms with Crippen LogP contribution >= 0.6 is 0 Å². The topological polar surface area (TPSA) is 122 Å². The van der Waals surface area contributed by atoms with Crippen molar-refractivity contribution in [2.24, 2.45) is 5.10 Å². The molecule has 2 aromatic carbocycles. The molecule has 9 nitrogen and oxygen atoms in total. The highest BCUT2D eigenvalue weighted by atomic mass is 19.1. The maximum Gasteiger partial charge on any atom is 0.428 e. The standard InChI is InChI=1S/C30H34FN5O4/c1-7-32-27(37)20-10-9-18(3)23(15-20)19-11-13-22(24(31)16-19)26(35-36-29(39)40-30(4,5)6)25-14-12-21(17-34-25)28(38)33-8-2/h9-17H,7-8H2,1-6H3,(H,32,37)(H,33,38)(H,36,39)/b35-26+. The Morgan fingerprint density at radius 2 is 1.57 bits per heavy atom. The summed E-state index contributed by atoms with van der Waals surface area (Å²) < 4.78 is 20.9. The third-order valence-electron chi connectivity index (χ3n) is 5.64. The molecule has 1 heterocycles. The maximum atomic E-state index is 15.7. The number of hydrogen-bond donors (Lipinski definition) is 3. The molecule has 1 aromatic heterocycles. The Balaban J connectivity index is 2.04. The lowest BCUT2D eigenvalue weighted by atomic mass is 9.95. The van der Waals surface area contributed by atoms with Crippen molar-refractivity contribution < 1.29 is 23.5 Å². The monoisotopic (exact) mass is 547 g/mol. The predicted molar refractivity (Wildman–Crippen MR) is 152 cm³/mol. The first kappa shape index (κ1) is 29.9. The van der Waals surface area contributed by atoms with Crippen LogP contribution in [0.15, 0.2) is 59.8 Å². The average molecular weight is 548 g/mol. The van der Waals surface area contributed by atoms with Gasteiger partial charge in [-0.05, 0) is 94.6 Å². The quantitative estimate of drug-likeness (QED) is 0.272. The number of halogens is 1. The fraction of sp³-hybridized carbons (Fsp3) is 0.300. The molecular weight excluding hydrogens is 513 g/mol. The van der Waals surface area contributed by atoms with Gasteiger partial charge in [-0.2, -0.15) is 5.10 Å². The molecule has 3 aromatic rings. The van der Waals surface area contributed by atoms with Crippen LogP contribution in [0.25, 0.3) is 11.1 Å². The zero-order chi connectivity index (χ0) is 29.4. The normalized spacial score (nSPS) is 11.5. The van der Waals surface area contributed by atoms with E-state index in [1.807, 2.05) is 19.9 Å². The number of nitrogens with one attached hydrogen (secondary N) is 3. The lowest BCUT2D eigenvalue weighted by Crippen LogP contribution is -2.30. The highest BCUT2D eigenvalue weighted by Gasteiger charge is 2.20. The highest BCUT2D eigenvalue weighted by molar-refractivity contribution is 6.12. The van der Waals surface area contributed by atoms with Gasteiger partial charge in [-0.1, -0.05) is 12.1 Å². The van der Waals surface area contributed by atoms with Crippen LogP contribution in [-0.4, -0.2) is 47.3 Å². The van der Waals surface area contributed by atoms with Crippen molar-refractivity contribution in [2.45, 2.75) is 47.1 Å². The van der Waals surface area contributed by atoms with Crippen molar-refractivity contribution in [1.29, 1.82) is 0 Å². The zero-order valence-corrected chi connectivity index (χ0v) is 23.5. The van der Waals surface area contributed by atoms with Crippen LogP contribution in [0.1, 0.15) is 72.2 Å². The molecule has 0 bridgehead atoms. The molecule has 10 heteroatoms. The van der Waals surface area contributed by atoms with Gasteiger partial charge in [-0.25, -0.2) is 14.6 Å². The number of amides is 3. The van der Waals surface area contributed by atoms with E-state index in [2.05, 4.69) is 26.1 Å². The van der Waals surface area contributed by atoms with E-state index in [1.54, 1.807) is 52.0 Å². The second kappa shape index (κ2) is 13.0. The van der Waals surface area contributed by atoms with Crippen LogP contribution < -0.4 is 16.1 Å². The fourth-order valence-corrected chi connectivity index (χ4v) is 3.80. The van der Waals surface area contributed by atoms with Gasteiger partial charge in [0.1, 0.15) is 17.1 Å². The minimum atomic E-state index is -0.821. The number of hydrazone groups is 1. The first-order valence-corrected chi connectivity index (χ1v) is 12.9. The van der Waals surface area contributed by atoms with Gasteiger partial charge in [-0.3, -0.25) is 14.6 Å². The molecule has 0 aliphatic heterocycles. The van der Waals surface area contributed by atoms with E-state index in [0.717, 1.165) is 5.56 Å². The van der Waals surface area contributed by atoms with E-state index in [0.29, 0.717) is 35.3 Å². The summed E-state index contributed by atoms with van der Waals surface area (Å²) >= 11 is 0. The second-order valence-corrected chi connectivity index (χ2v) is 9.95. The van der Waals surface area contributed by atoms with Gasteiger partial charge in [-0.15, -0.1) is 0 Å². The average Bonchev–Trinajstić information content (AvgIpc) is 2.89. The molecule has 0 saturated carbocycles. The van der Waals surface area contributed by atoms with Crippen molar-refractivity contribution in [3.05, 3.63) is 88.5 Å². The van der Waals surface area contributed by atoms with E-state index in [1.165, 1.54) is 24.4 Å². The predicted octanol–water partition coefficient (Wildman–Crippen LogP) is 4.97. The van der Waals surface area contributed by atoms with Crippen LogP contribution in [0.5, 0.6) is 0 Å². The van der Waals surface area contributed by atoms with Crippen molar-refractivity contribution in [2.75, 3.05) is 13.1 Å². The Labute approximate surface area is 233 Å². The van der Waals surface area contributed by atoms with Crippen LogP contribution in [0.4, 0.5) is 9.18 Å². The zero-order valence-electron chi connectivity index (χ0n) is 23.5. The molecule has 3 rings (SSSR count). The fourth-order valence-electron chi connectivity index (χ4n) is 3.80. The SMILES string of the molecule is CCNC(=O)c1ccc(/C(=N/NC(=O)OC(C)(C)C)c2ccc(-c3cc(C(=O)NCC)ccc3C)cc2F)nc1. The summed E-state index contributed by atoms with van der Waals surface area (Å²) in [5, 5.41) is 9.59. The number of nitrogens with zero attached hydrogens (tertiary/aromatic N) is 2. The molecule has 0 aliphatic carbocycles. The van der Waals surface area contributed by atoms with E-state index in [4.69, 9.17) is 4.74 Å². The summed E-state index contributed by atoms with van der Waals surface area (Å²) in [5.41, 5.74) is 4.77. The minimum Gasteiger partial charge on any atom is -0.443 e. The van der Waals surface area contributed by atoms with E-state index < -0.39 is 17.5 Å². The van der Waals surface area contributed by atoms with Gasteiger partial charge in [0.2, 0.25) is 0 Å². The molecule has 0 atom stereocenters. The van der Waals surface area contributed by atoms with Crippen molar-refractivity contribution in [3.63, 3.8) is 0 Å². The Hall–Kier alpha value is -4.60. The maximum absolute atomic E-state index is 15.7. The Kier molecular flexibility index (Phi) is 9.71. The molecule has 210 valence electrons. The molecule has 3 amide bonds. The largest absolute Gasteiger partial charge is 0.443 e. The number of ether oxygens (including phenoxy) is 1. The molecule has 0 saturated heterocycles. The number of rotatable bonds is 8. The number of hydrogen-bond acceptors (Lipinski definition) is 6. The van der Waals surface area contributed by atoms with Crippen LogP contribution in [0.3, 0.4) is 0 Å². The molecule has 40 heavy (non-hydrogen) atoms. The summed E-state index contributed by atoms with van der Waals surface area (Å²) in [6.45, 7) is 11.6. The smallest absolute Gasteiger partial charge is 0.428 e. The molecule has 0 fully saturated rings. The Morgan fingerprint density at radius 3 is 2.15 bits per heavy atom. The number of carbonyl (C=O) groups is 3. The van der Waals surface area contributed by atoms with Gasteiger partial charge in [0.25, 0.3) is 11.8 Å². The van der Waals surface area contributed by atoms with Crippen LogP contribution in [0.2, 0.25) is 0 Å². The van der Waals surface area contributed by atoms with Crippen LogP contribution in [-0.2, 0) is 4.74 Å². The van der Waals surface area contributed by atoms with Gasteiger partial charge in [0.05, 0.1) is 11.3 Å². The molecular formula is C30H34FN5O4. The number of carbonyl (C=O) groups excluding carboxylic acids is 3. The van der Waals surface area contributed by atoms with Crippen molar-refractivity contribution in [1.82, 2.24) is 21.0 Å². The summed E-state index contributed by atoms with van der Waals surface area (Å²) in [4.78, 5) is 41.1. The molecule has 0 aliphatic rings. The summed E-state index contributed by atoms with van der Waals surface area (Å²) in [7, 11) is 0. The van der Waals surface area contributed by atoms with E-state index in [9.17, 15) is 14.4 Å². The van der Waals surface area contributed by atoms with Gasteiger partial charge in [0.15, 0.2) is 0 Å². The van der Waals surface area contributed by atoms with Crippen molar-refractivity contribution in [3.8, 4) is 11.1 Å². The second-order valence-electron chi connectivity index (χ2n) is 9.95. The number of aryl methyl sites for hydroxylation is 1. The molecule has 0 radical (unpaired) electrons. The third-order valence-corrected chi connectivity index (χ3v) is 5.64. The number of aromatic nitrogens is 1. The van der Waals surface area contributed by atoms with Gasteiger partial charge < -0.3 is 15.4 Å².